The summed E-state index contributed by atoms with van der Waals surface area (Å²) in [4.78, 5) is 34.2. The van der Waals surface area contributed by atoms with Crippen molar-refractivity contribution in [3.8, 4) is 0 Å². The molecule has 0 aromatic carbocycles. The quantitative estimate of drug-likeness (QED) is 0.233. The summed E-state index contributed by atoms with van der Waals surface area (Å²) >= 11 is 0. The SMILES string of the molecule is CC/C=C/CCCCC[N+](CC(C)C(=O)[O-])(CC(C)C(=O)O)CC(C)C(=O)O. The molecule has 0 bridgehead atoms. The number of carbonyl (C=O) groups is 3. The molecule has 0 saturated heterocycles. The van der Waals surface area contributed by atoms with Gasteiger partial charge in [0.25, 0.3) is 0 Å². The Labute approximate surface area is 168 Å². The Hall–Kier alpha value is -1.89. The van der Waals surface area contributed by atoms with Gasteiger partial charge < -0.3 is 24.6 Å². The van der Waals surface area contributed by atoms with Gasteiger partial charge in [0.2, 0.25) is 0 Å². The number of carboxylic acids is 3. The average Bonchev–Trinajstić information content (AvgIpc) is 2.60. The summed E-state index contributed by atoms with van der Waals surface area (Å²) in [6, 6.07) is 0. The maximum absolute atomic E-state index is 11.4. The molecule has 3 atom stereocenters. The Morgan fingerprint density at radius 1 is 0.857 bits per heavy atom. The predicted octanol–water partition coefficient (Wildman–Crippen LogP) is 2.16. The minimum atomic E-state index is -1.20. The standard InChI is InChI=1S/C21H37NO6/c1-5-6-7-8-9-10-11-12-22(13-16(2)19(23)24,14-17(3)20(25)26)15-18(4)21(27)28/h6-7,16-18H,5,8-15H2,1-4H3,(H2-,23,24,25,26,27,28)/b7-6+. The number of allylic oxidation sites excluding steroid dienone is 2. The zero-order chi connectivity index (χ0) is 21.7. The highest BCUT2D eigenvalue weighted by Gasteiger charge is 2.36. The maximum Gasteiger partial charge on any atom is 0.311 e. The van der Waals surface area contributed by atoms with Crippen LogP contribution in [0.2, 0.25) is 0 Å². The molecule has 0 aliphatic heterocycles. The minimum absolute atomic E-state index is 0.168. The van der Waals surface area contributed by atoms with Crippen LogP contribution in [0, 0.1) is 17.8 Å². The highest BCUT2D eigenvalue weighted by molar-refractivity contribution is 5.70. The normalized spacial score (nSPS) is 17.0. The average molecular weight is 400 g/mol. The smallest absolute Gasteiger partial charge is 0.311 e. The number of nitrogens with zero attached hydrogens (tertiary/aromatic N) is 1. The van der Waals surface area contributed by atoms with Crippen molar-refractivity contribution in [1.29, 1.82) is 0 Å². The second kappa shape index (κ2) is 13.3. The zero-order valence-electron chi connectivity index (χ0n) is 17.7. The van der Waals surface area contributed by atoms with Gasteiger partial charge in [-0.1, -0.05) is 26.0 Å². The lowest BCUT2D eigenvalue weighted by molar-refractivity contribution is -0.934. The number of rotatable bonds is 16. The van der Waals surface area contributed by atoms with Crippen LogP contribution in [0.25, 0.3) is 0 Å². The molecule has 0 fully saturated rings. The van der Waals surface area contributed by atoms with Crippen LogP contribution in [0.4, 0.5) is 0 Å². The van der Waals surface area contributed by atoms with Gasteiger partial charge in [-0.3, -0.25) is 9.59 Å². The molecule has 28 heavy (non-hydrogen) atoms. The van der Waals surface area contributed by atoms with Gasteiger partial charge in [-0.05, 0) is 46.0 Å². The van der Waals surface area contributed by atoms with Crippen LogP contribution in [-0.2, 0) is 14.4 Å². The molecule has 162 valence electrons. The number of hydrogen-bond acceptors (Lipinski definition) is 4. The van der Waals surface area contributed by atoms with Crippen LogP contribution >= 0.6 is 0 Å². The van der Waals surface area contributed by atoms with Crippen molar-refractivity contribution in [3.63, 3.8) is 0 Å². The van der Waals surface area contributed by atoms with E-state index in [1.807, 2.05) is 0 Å². The van der Waals surface area contributed by atoms with Gasteiger partial charge in [0.05, 0.1) is 26.2 Å². The first-order valence-electron chi connectivity index (χ1n) is 10.2. The summed E-state index contributed by atoms with van der Waals surface area (Å²) in [5, 5.41) is 30.1. The highest BCUT2D eigenvalue weighted by atomic mass is 16.4. The fourth-order valence-electron chi connectivity index (χ4n) is 3.64. The van der Waals surface area contributed by atoms with Crippen molar-refractivity contribution in [3.05, 3.63) is 12.2 Å². The second-order valence-electron chi connectivity index (χ2n) is 8.04. The van der Waals surface area contributed by atoms with Gasteiger partial charge in [0, 0.05) is 11.9 Å². The summed E-state index contributed by atoms with van der Waals surface area (Å²) in [5.74, 6) is -5.29. The molecule has 0 amide bonds. The number of unbranched alkanes of at least 4 members (excludes halogenated alkanes) is 3. The zero-order valence-corrected chi connectivity index (χ0v) is 17.7. The van der Waals surface area contributed by atoms with Crippen molar-refractivity contribution in [1.82, 2.24) is 0 Å². The molecule has 7 nitrogen and oxygen atoms in total. The van der Waals surface area contributed by atoms with Gasteiger partial charge >= 0.3 is 11.9 Å². The molecule has 0 aliphatic carbocycles. The largest absolute Gasteiger partial charge is 0.550 e. The van der Waals surface area contributed by atoms with E-state index in [9.17, 15) is 29.7 Å². The Morgan fingerprint density at radius 2 is 1.36 bits per heavy atom. The molecule has 3 unspecified atom stereocenters. The number of carboxylic acid groups (broad SMARTS) is 3. The van der Waals surface area contributed by atoms with E-state index in [0.29, 0.717) is 6.54 Å². The summed E-state index contributed by atoms with van der Waals surface area (Å²) in [6.07, 6.45) is 8.94. The van der Waals surface area contributed by atoms with E-state index in [0.717, 1.165) is 32.1 Å². The van der Waals surface area contributed by atoms with E-state index in [2.05, 4.69) is 19.1 Å². The lowest BCUT2D eigenvalue weighted by Gasteiger charge is -2.43. The molecule has 2 N–H and O–H groups in total. The van der Waals surface area contributed by atoms with Crippen molar-refractivity contribution >= 4 is 17.9 Å². The number of quaternary nitrogens is 1. The third-order valence-corrected chi connectivity index (χ3v) is 5.13. The molecule has 0 heterocycles. The summed E-state index contributed by atoms with van der Waals surface area (Å²) in [5.41, 5.74) is 0. The fourth-order valence-corrected chi connectivity index (χ4v) is 3.64. The van der Waals surface area contributed by atoms with Crippen LogP contribution in [0.3, 0.4) is 0 Å². The fraction of sp³-hybridized carbons (Fsp3) is 0.762. The van der Waals surface area contributed by atoms with Gasteiger partial charge in [-0.2, -0.15) is 0 Å². The molecule has 0 aliphatic rings. The van der Waals surface area contributed by atoms with Crippen molar-refractivity contribution in [2.24, 2.45) is 17.8 Å². The summed E-state index contributed by atoms with van der Waals surface area (Å²) in [6.45, 7) is 7.93. The van der Waals surface area contributed by atoms with Crippen LogP contribution in [0.5, 0.6) is 0 Å². The summed E-state index contributed by atoms with van der Waals surface area (Å²) in [7, 11) is 0. The first-order chi connectivity index (χ1) is 13.0. The lowest BCUT2D eigenvalue weighted by Crippen LogP contribution is -2.58. The summed E-state index contributed by atoms with van der Waals surface area (Å²) < 4.78 is 0.168. The Balaban J connectivity index is 5.35. The molecule has 0 rings (SSSR count). The topological polar surface area (TPSA) is 115 Å². The third kappa shape index (κ3) is 10.4. The predicted molar refractivity (Wildman–Crippen MR) is 105 cm³/mol. The van der Waals surface area contributed by atoms with Crippen molar-refractivity contribution in [2.45, 2.75) is 59.8 Å². The molecular weight excluding hydrogens is 362 g/mol. The van der Waals surface area contributed by atoms with Gasteiger partial charge in [0.1, 0.15) is 11.8 Å². The van der Waals surface area contributed by atoms with Crippen LogP contribution in [0.1, 0.15) is 59.8 Å². The minimum Gasteiger partial charge on any atom is -0.550 e. The van der Waals surface area contributed by atoms with E-state index >= 15 is 0 Å². The van der Waals surface area contributed by atoms with Crippen molar-refractivity contribution < 1.29 is 34.2 Å². The first kappa shape index (κ1) is 26.1. The van der Waals surface area contributed by atoms with Gasteiger partial charge in [0.15, 0.2) is 0 Å². The monoisotopic (exact) mass is 399 g/mol. The number of carbonyl (C=O) groups excluding carboxylic acids is 1. The molecule has 0 radical (unpaired) electrons. The Kier molecular flexibility index (Phi) is 12.4. The van der Waals surface area contributed by atoms with Crippen LogP contribution < -0.4 is 5.11 Å². The molecule has 0 saturated carbocycles. The van der Waals surface area contributed by atoms with E-state index in [1.165, 1.54) is 6.92 Å². The lowest BCUT2D eigenvalue weighted by atomic mass is 10.0. The van der Waals surface area contributed by atoms with Gasteiger partial charge in [-0.25, -0.2) is 0 Å². The van der Waals surface area contributed by atoms with E-state index in [1.54, 1.807) is 13.8 Å². The molecular formula is C21H37NO6. The van der Waals surface area contributed by atoms with Crippen molar-refractivity contribution in [2.75, 3.05) is 26.2 Å². The molecule has 0 aromatic rings. The Morgan fingerprint density at radius 3 is 1.79 bits per heavy atom. The van der Waals surface area contributed by atoms with Gasteiger partial charge in [-0.15, -0.1) is 0 Å². The Bertz CT molecular complexity index is 476. The molecule has 0 aromatic heterocycles. The van der Waals surface area contributed by atoms with Crippen LogP contribution in [0.15, 0.2) is 12.2 Å². The number of hydrogen-bond donors (Lipinski definition) is 2. The third-order valence-electron chi connectivity index (χ3n) is 5.13. The van der Waals surface area contributed by atoms with E-state index in [4.69, 9.17) is 0 Å². The second-order valence-corrected chi connectivity index (χ2v) is 8.04. The maximum atomic E-state index is 11.4. The highest BCUT2D eigenvalue weighted by Crippen LogP contribution is 2.21. The van der Waals surface area contributed by atoms with Crippen LogP contribution in [-0.4, -0.2) is 58.8 Å². The first-order valence-corrected chi connectivity index (χ1v) is 10.2. The number of aliphatic carboxylic acids is 3. The van der Waals surface area contributed by atoms with E-state index in [-0.39, 0.29) is 24.1 Å². The van der Waals surface area contributed by atoms with E-state index < -0.39 is 35.7 Å². The molecule has 7 heteroatoms. The molecule has 0 spiro atoms.